The molecule has 87 heavy (non-hydrogen) atoms. The molecule has 3 N–H and O–H groups in total. The number of phosphoric ester groups is 1. The van der Waals surface area contributed by atoms with Gasteiger partial charge in [0, 0.05) is 19.4 Å². The molecule has 10 heteroatoms. The third-order valence-electron chi connectivity index (χ3n) is 14.4. The van der Waals surface area contributed by atoms with Crippen LogP contribution in [0.2, 0.25) is 0 Å². The van der Waals surface area contributed by atoms with Crippen molar-refractivity contribution < 1.29 is 37.6 Å². The molecular weight excluding hydrogens is 1100 g/mol. The minimum atomic E-state index is -4.41. The van der Waals surface area contributed by atoms with E-state index in [1.54, 1.807) is 0 Å². The number of allylic oxidation sites excluding steroid dienone is 26. The molecule has 0 radical (unpaired) electrons. The summed E-state index contributed by atoms with van der Waals surface area (Å²) in [5, 5.41) is 0. The molecule has 0 rings (SSSR count). The molecule has 0 heterocycles. The molecule has 0 aromatic heterocycles. The SMILES string of the molecule is CC/C=C\C/C=C\C/C=C\C/C=C\C/C=C\C/C=C\C/C=C\CCCCCCCC(=O)OC(COC(=O)CCCCCCCCCCCCCCCCCCCCCC/C=C\C/C=C\C/C=C\C/C=C\C/C=C\C/C=C\CC)COP(=O)(O)OCCN. The van der Waals surface area contributed by atoms with Crippen molar-refractivity contribution in [1.29, 1.82) is 0 Å². The van der Waals surface area contributed by atoms with Crippen LogP contribution in [0.15, 0.2) is 158 Å². The zero-order valence-electron chi connectivity index (χ0n) is 55.4. The topological polar surface area (TPSA) is 134 Å². The van der Waals surface area contributed by atoms with Crippen LogP contribution >= 0.6 is 7.82 Å². The molecule has 0 spiro atoms. The lowest BCUT2D eigenvalue weighted by Crippen LogP contribution is -2.29. The zero-order valence-corrected chi connectivity index (χ0v) is 56.3. The highest BCUT2D eigenvalue weighted by atomic mass is 31.2. The van der Waals surface area contributed by atoms with Gasteiger partial charge in [-0.15, -0.1) is 0 Å². The molecule has 2 atom stereocenters. The number of esters is 2. The van der Waals surface area contributed by atoms with E-state index >= 15 is 0 Å². The van der Waals surface area contributed by atoms with E-state index in [2.05, 4.69) is 172 Å². The number of hydrogen-bond donors (Lipinski definition) is 2. The van der Waals surface area contributed by atoms with Gasteiger partial charge in [0.15, 0.2) is 6.10 Å². The second-order valence-electron chi connectivity index (χ2n) is 22.6. The Labute approximate surface area is 534 Å². The Morgan fingerprint density at radius 3 is 0.885 bits per heavy atom. The third-order valence-corrected chi connectivity index (χ3v) is 15.4. The van der Waals surface area contributed by atoms with Crippen LogP contribution in [0.1, 0.15) is 284 Å². The first-order valence-electron chi connectivity index (χ1n) is 35.0. The second kappa shape index (κ2) is 70.7. The molecule has 0 fully saturated rings. The number of rotatable bonds is 64. The van der Waals surface area contributed by atoms with E-state index < -0.39 is 26.5 Å². The molecule has 0 aliphatic rings. The molecule has 0 bridgehead atoms. The predicted molar refractivity (Wildman–Crippen MR) is 376 cm³/mol. The van der Waals surface area contributed by atoms with Gasteiger partial charge in [-0.1, -0.05) is 307 Å². The monoisotopic (exact) mass is 1230 g/mol. The summed E-state index contributed by atoms with van der Waals surface area (Å²) in [5.41, 5.74) is 5.40. The van der Waals surface area contributed by atoms with E-state index in [1.807, 2.05) is 0 Å². The molecule has 0 aliphatic heterocycles. The van der Waals surface area contributed by atoms with Gasteiger partial charge in [0.05, 0.1) is 13.2 Å². The fraction of sp³-hybridized carbons (Fsp3) is 0.636. The van der Waals surface area contributed by atoms with Crippen LogP contribution < -0.4 is 5.73 Å². The summed E-state index contributed by atoms with van der Waals surface area (Å²) in [6.45, 7) is 3.50. The first-order valence-corrected chi connectivity index (χ1v) is 36.5. The molecular formula is C77H128NO8P. The van der Waals surface area contributed by atoms with Crippen LogP contribution in [0.3, 0.4) is 0 Å². The van der Waals surface area contributed by atoms with Gasteiger partial charge < -0.3 is 20.1 Å². The van der Waals surface area contributed by atoms with Crippen LogP contribution in [-0.2, 0) is 32.7 Å². The number of hydrogen-bond acceptors (Lipinski definition) is 8. The van der Waals surface area contributed by atoms with Crippen LogP contribution in [-0.4, -0.2) is 49.3 Å². The van der Waals surface area contributed by atoms with Gasteiger partial charge in [-0.05, 0) is 122 Å². The lowest BCUT2D eigenvalue weighted by molar-refractivity contribution is -0.161. The third kappa shape index (κ3) is 70.6. The molecule has 494 valence electrons. The maximum absolute atomic E-state index is 12.7. The summed E-state index contributed by atoms with van der Waals surface area (Å²) >= 11 is 0. The van der Waals surface area contributed by atoms with Crippen molar-refractivity contribution in [1.82, 2.24) is 0 Å². The number of carbonyl (C=O) groups excluding carboxylic acids is 2. The molecule has 0 saturated carbocycles. The average molecular weight is 1230 g/mol. The number of ether oxygens (including phenoxy) is 2. The van der Waals surface area contributed by atoms with Gasteiger partial charge in [-0.3, -0.25) is 18.6 Å². The summed E-state index contributed by atoms with van der Waals surface area (Å²) < 4.78 is 33.1. The lowest BCUT2D eigenvalue weighted by Gasteiger charge is -2.19. The summed E-state index contributed by atoms with van der Waals surface area (Å²) in [6, 6.07) is 0. The molecule has 9 nitrogen and oxygen atoms in total. The standard InChI is InChI=1S/C77H128NO8P/c1-3-5-7-9-11-13-15-17-19-21-23-25-27-29-31-32-33-34-35-36-37-38-39-40-41-42-44-45-47-49-51-53-55-57-59-61-63-65-67-69-76(79)83-73-75(74-85-87(81,82)84-72-71-78)86-77(80)70-68-66-64-62-60-58-56-54-52-50-48-46-43-30-28-26-24-22-20-18-16-14-12-10-8-6-4-2/h5-8,11-14,17-20,23-26,29-31,33-34,43,48,50,54,56,75H,3-4,9-10,15-16,21-22,27-28,32,35-42,44-47,49,51-53,55,57-74,78H2,1-2H3,(H,81,82)/b7-5-,8-6-,13-11-,14-12-,19-17-,20-18-,25-23-,26-24-,31-29-,34-33-,43-30-,50-48-,56-54-. The van der Waals surface area contributed by atoms with Crippen molar-refractivity contribution >= 4 is 19.8 Å². The first kappa shape index (κ1) is 82.6. The van der Waals surface area contributed by atoms with Crippen molar-refractivity contribution in [2.24, 2.45) is 5.73 Å². The number of carbonyl (C=O) groups is 2. The van der Waals surface area contributed by atoms with Gasteiger partial charge in [0.25, 0.3) is 0 Å². The van der Waals surface area contributed by atoms with Crippen LogP contribution in [0.4, 0.5) is 0 Å². The lowest BCUT2D eigenvalue weighted by atomic mass is 10.0. The molecule has 0 aromatic carbocycles. The van der Waals surface area contributed by atoms with Gasteiger partial charge in [0.1, 0.15) is 6.61 Å². The minimum Gasteiger partial charge on any atom is -0.462 e. The van der Waals surface area contributed by atoms with Gasteiger partial charge in [0.2, 0.25) is 0 Å². The van der Waals surface area contributed by atoms with E-state index in [9.17, 15) is 19.0 Å². The Morgan fingerprint density at radius 2 is 0.598 bits per heavy atom. The highest BCUT2D eigenvalue weighted by Gasteiger charge is 2.26. The van der Waals surface area contributed by atoms with Crippen molar-refractivity contribution in [2.75, 3.05) is 26.4 Å². The Hall–Kier alpha value is -4.37. The molecule has 2 unspecified atom stereocenters. The molecule has 0 aromatic rings. The van der Waals surface area contributed by atoms with Gasteiger partial charge >= 0.3 is 19.8 Å². The van der Waals surface area contributed by atoms with Crippen LogP contribution in [0.25, 0.3) is 0 Å². The highest BCUT2D eigenvalue weighted by Crippen LogP contribution is 2.43. The second-order valence-corrected chi connectivity index (χ2v) is 24.1. The van der Waals surface area contributed by atoms with E-state index in [1.165, 1.54) is 116 Å². The smallest absolute Gasteiger partial charge is 0.462 e. The summed E-state index contributed by atoms with van der Waals surface area (Å²) in [5.74, 6) is -0.851. The maximum Gasteiger partial charge on any atom is 0.472 e. The summed E-state index contributed by atoms with van der Waals surface area (Å²) in [4.78, 5) is 35.3. The first-order chi connectivity index (χ1) is 42.8. The largest absolute Gasteiger partial charge is 0.472 e. The quantitative estimate of drug-likeness (QED) is 0.0264. The van der Waals surface area contributed by atoms with Crippen molar-refractivity contribution in [3.05, 3.63) is 158 Å². The number of unbranched alkanes of at least 4 members (excludes halogenated alkanes) is 25. The summed E-state index contributed by atoms with van der Waals surface area (Å²) in [6.07, 6.45) is 103. The maximum atomic E-state index is 12.7. The van der Waals surface area contributed by atoms with Crippen molar-refractivity contribution in [3.63, 3.8) is 0 Å². The fourth-order valence-corrected chi connectivity index (χ4v) is 10.1. The van der Waals surface area contributed by atoms with E-state index in [0.717, 1.165) is 135 Å². The Kier molecular flexibility index (Phi) is 67.2. The Balaban J connectivity index is 3.91. The van der Waals surface area contributed by atoms with E-state index in [-0.39, 0.29) is 38.6 Å². The fourth-order valence-electron chi connectivity index (χ4n) is 9.33. The predicted octanol–water partition coefficient (Wildman–Crippen LogP) is 23.2. The van der Waals surface area contributed by atoms with Gasteiger partial charge in [-0.25, -0.2) is 4.57 Å². The van der Waals surface area contributed by atoms with Crippen molar-refractivity contribution in [3.8, 4) is 0 Å². The molecule has 0 saturated heterocycles. The van der Waals surface area contributed by atoms with Crippen LogP contribution in [0.5, 0.6) is 0 Å². The normalized spacial score (nSPS) is 13.9. The molecule has 0 amide bonds. The number of nitrogens with two attached hydrogens (primary N) is 1. The van der Waals surface area contributed by atoms with Crippen LogP contribution in [0, 0.1) is 0 Å². The molecule has 0 aliphatic carbocycles. The van der Waals surface area contributed by atoms with E-state index in [4.69, 9.17) is 24.3 Å². The number of phosphoric acid groups is 1. The average Bonchev–Trinajstić information content (AvgIpc) is 3.62. The summed E-state index contributed by atoms with van der Waals surface area (Å²) in [7, 11) is -4.41. The Bertz CT molecular complexity index is 1980. The zero-order chi connectivity index (χ0) is 63.0. The Morgan fingerprint density at radius 1 is 0.345 bits per heavy atom. The minimum absolute atomic E-state index is 0.0434. The highest BCUT2D eigenvalue weighted by molar-refractivity contribution is 7.47. The van der Waals surface area contributed by atoms with Gasteiger partial charge in [-0.2, -0.15) is 0 Å². The van der Waals surface area contributed by atoms with Crippen molar-refractivity contribution in [2.45, 2.75) is 290 Å². The van der Waals surface area contributed by atoms with E-state index in [0.29, 0.717) is 6.42 Å².